The number of aromatic nitrogens is 2. The van der Waals surface area contributed by atoms with E-state index in [9.17, 15) is 9.18 Å². The van der Waals surface area contributed by atoms with Gasteiger partial charge in [0.05, 0.1) is 6.54 Å². The summed E-state index contributed by atoms with van der Waals surface area (Å²) in [7, 11) is 0. The first-order valence-corrected chi connectivity index (χ1v) is 8.28. The molecule has 0 saturated carbocycles. The maximum atomic E-state index is 12.9. The van der Waals surface area contributed by atoms with E-state index in [1.54, 1.807) is 11.8 Å². The average Bonchev–Trinajstić information content (AvgIpc) is 2.87. The van der Waals surface area contributed by atoms with Crippen molar-refractivity contribution in [2.75, 3.05) is 32.8 Å². The summed E-state index contributed by atoms with van der Waals surface area (Å²) in [5.74, 6) is 1.30. The number of halogens is 1. The second-order valence-electron chi connectivity index (χ2n) is 5.99. The number of nitrogens with zero attached hydrogens (tertiary/aromatic N) is 4. The van der Waals surface area contributed by atoms with Gasteiger partial charge in [0, 0.05) is 26.2 Å². The summed E-state index contributed by atoms with van der Waals surface area (Å²) in [5, 5.41) is 3.79. The number of hydrogen-bond acceptors (Lipinski definition) is 6. The molecule has 0 atom stereocenters. The molecule has 0 unspecified atom stereocenters. The minimum absolute atomic E-state index is 0.0471. The Kier molecular flexibility index (Phi) is 5.60. The maximum Gasteiger partial charge on any atom is 0.260 e. The van der Waals surface area contributed by atoms with Crippen LogP contribution in [0.2, 0.25) is 0 Å². The van der Waals surface area contributed by atoms with Gasteiger partial charge in [0.2, 0.25) is 5.89 Å². The fraction of sp³-hybridized carbons (Fsp3) is 0.471. The molecule has 1 aromatic heterocycles. The highest BCUT2D eigenvalue weighted by Crippen LogP contribution is 2.12. The van der Waals surface area contributed by atoms with Gasteiger partial charge < -0.3 is 14.2 Å². The number of ether oxygens (including phenoxy) is 1. The van der Waals surface area contributed by atoms with E-state index >= 15 is 0 Å². The summed E-state index contributed by atoms with van der Waals surface area (Å²) in [4.78, 5) is 20.5. The molecular weight excluding hydrogens is 327 g/mol. The topological polar surface area (TPSA) is 71.7 Å². The van der Waals surface area contributed by atoms with Crippen LogP contribution in [0.3, 0.4) is 0 Å². The molecule has 1 fully saturated rings. The molecule has 7 nitrogen and oxygen atoms in total. The van der Waals surface area contributed by atoms with E-state index < -0.39 is 0 Å². The number of hydrogen-bond donors (Lipinski definition) is 0. The molecule has 1 aliphatic heterocycles. The zero-order valence-electron chi connectivity index (χ0n) is 14.2. The second kappa shape index (κ2) is 8.06. The maximum absolute atomic E-state index is 12.9. The second-order valence-corrected chi connectivity index (χ2v) is 5.99. The lowest BCUT2D eigenvalue weighted by atomic mass is 10.3. The number of rotatable bonds is 5. The summed E-state index contributed by atoms with van der Waals surface area (Å²) >= 11 is 0. The molecule has 0 bridgehead atoms. The van der Waals surface area contributed by atoms with Crippen LogP contribution in [0.25, 0.3) is 0 Å². The fourth-order valence-electron chi connectivity index (χ4n) is 2.74. The number of benzene rings is 1. The third kappa shape index (κ3) is 4.99. The van der Waals surface area contributed by atoms with Gasteiger partial charge in [-0.2, -0.15) is 4.98 Å². The van der Waals surface area contributed by atoms with Crippen molar-refractivity contribution in [3.63, 3.8) is 0 Å². The Bertz CT molecular complexity index is 704. The van der Waals surface area contributed by atoms with Crippen molar-refractivity contribution in [3.8, 4) is 5.75 Å². The standard InChI is InChI=1S/C17H21FN4O3/c1-13-19-16(25-20-13)11-21-7-2-8-22(10-9-21)17(23)12-24-15-5-3-14(18)4-6-15/h3-6H,2,7-12H2,1H3. The molecule has 0 aliphatic carbocycles. The molecule has 8 heteroatoms. The van der Waals surface area contributed by atoms with E-state index in [0.29, 0.717) is 37.1 Å². The lowest BCUT2D eigenvalue weighted by Crippen LogP contribution is -2.38. The Morgan fingerprint density at radius 2 is 2.04 bits per heavy atom. The van der Waals surface area contributed by atoms with Crippen molar-refractivity contribution < 1.29 is 18.4 Å². The van der Waals surface area contributed by atoms with Crippen molar-refractivity contribution in [2.45, 2.75) is 19.9 Å². The fourth-order valence-corrected chi connectivity index (χ4v) is 2.74. The normalized spacial score (nSPS) is 15.8. The molecule has 1 amide bonds. The van der Waals surface area contributed by atoms with Crippen LogP contribution >= 0.6 is 0 Å². The Balaban J connectivity index is 1.46. The van der Waals surface area contributed by atoms with Crippen LogP contribution in [0.5, 0.6) is 5.75 Å². The van der Waals surface area contributed by atoms with Crippen molar-refractivity contribution in [1.82, 2.24) is 19.9 Å². The molecule has 1 aliphatic rings. The summed E-state index contributed by atoms with van der Waals surface area (Å²) in [5.41, 5.74) is 0. The van der Waals surface area contributed by atoms with Gasteiger partial charge in [-0.1, -0.05) is 5.16 Å². The first-order valence-electron chi connectivity index (χ1n) is 8.28. The van der Waals surface area contributed by atoms with Crippen LogP contribution in [0.4, 0.5) is 4.39 Å². The predicted octanol–water partition coefficient (Wildman–Crippen LogP) is 1.63. The van der Waals surface area contributed by atoms with Crippen molar-refractivity contribution in [1.29, 1.82) is 0 Å². The van der Waals surface area contributed by atoms with Crippen LogP contribution in [0, 0.1) is 12.7 Å². The van der Waals surface area contributed by atoms with Gasteiger partial charge in [0.15, 0.2) is 12.4 Å². The van der Waals surface area contributed by atoms with E-state index in [4.69, 9.17) is 9.26 Å². The van der Waals surface area contributed by atoms with Crippen molar-refractivity contribution >= 4 is 5.91 Å². The van der Waals surface area contributed by atoms with Gasteiger partial charge in [-0.15, -0.1) is 0 Å². The molecule has 2 aromatic rings. The lowest BCUT2D eigenvalue weighted by molar-refractivity contribution is -0.133. The number of aryl methyl sites for hydroxylation is 1. The highest BCUT2D eigenvalue weighted by atomic mass is 19.1. The SMILES string of the molecule is Cc1noc(CN2CCCN(C(=O)COc3ccc(F)cc3)CC2)n1. The molecule has 3 rings (SSSR count). The predicted molar refractivity (Wildman–Crippen MR) is 87.4 cm³/mol. The van der Waals surface area contributed by atoms with Crippen LogP contribution in [0.1, 0.15) is 18.1 Å². The number of carbonyl (C=O) groups is 1. The molecule has 25 heavy (non-hydrogen) atoms. The molecule has 1 aromatic carbocycles. The molecule has 0 spiro atoms. The van der Waals surface area contributed by atoms with E-state index in [2.05, 4.69) is 15.0 Å². The summed E-state index contributed by atoms with van der Waals surface area (Å²) in [6, 6.07) is 5.64. The highest BCUT2D eigenvalue weighted by molar-refractivity contribution is 5.77. The molecule has 1 saturated heterocycles. The number of carbonyl (C=O) groups excluding carboxylic acids is 1. The van der Waals surface area contributed by atoms with E-state index in [-0.39, 0.29) is 18.3 Å². The van der Waals surface area contributed by atoms with Gasteiger partial charge in [-0.05, 0) is 37.6 Å². The van der Waals surface area contributed by atoms with Gasteiger partial charge in [-0.3, -0.25) is 9.69 Å². The van der Waals surface area contributed by atoms with Gasteiger partial charge in [0.1, 0.15) is 11.6 Å². The van der Waals surface area contributed by atoms with E-state index in [1.807, 2.05) is 0 Å². The quantitative estimate of drug-likeness (QED) is 0.818. The minimum atomic E-state index is -0.331. The molecule has 134 valence electrons. The molecule has 0 radical (unpaired) electrons. The largest absolute Gasteiger partial charge is 0.484 e. The molecule has 2 heterocycles. The zero-order valence-corrected chi connectivity index (χ0v) is 14.2. The van der Waals surface area contributed by atoms with E-state index in [1.165, 1.54) is 24.3 Å². The summed E-state index contributed by atoms with van der Waals surface area (Å²) in [6.45, 7) is 5.25. The lowest BCUT2D eigenvalue weighted by Gasteiger charge is -2.21. The van der Waals surface area contributed by atoms with Crippen LogP contribution in [-0.4, -0.2) is 58.6 Å². The number of amides is 1. The van der Waals surface area contributed by atoms with Crippen LogP contribution < -0.4 is 4.74 Å². The zero-order chi connectivity index (χ0) is 17.6. The highest BCUT2D eigenvalue weighted by Gasteiger charge is 2.20. The summed E-state index contributed by atoms with van der Waals surface area (Å²) < 4.78 is 23.5. The first-order chi connectivity index (χ1) is 12.1. The first kappa shape index (κ1) is 17.3. The van der Waals surface area contributed by atoms with Gasteiger partial charge in [0.25, 0.3) is 5.91 Å². The Morgan fingerprint density at radius 1 is 1.24 bits per heavy atom. The Hall–Kier alpha value is -2.48. The van der Waals surface area contributed by atoms with Gasteiger partial charge in [-0.25, -0.2) is 4.39 Å². The van der Waals surface area contributed by atoms with Crippen LogP contribution in [-0.2, 0) is 11.3 Å². The van der Waals surface area contributed by atoms with E-state index in [0.717, 1.165) is 19.5 Å². The summed E-state index contributed by atoms with van der Waals surface area (Å²) in [6.07, 6.45) is 0.870. The smallest absolute Gasteiger partial charge is 0.260 e. The van der Waals surface area contributed by atoms with Gasteiger partial charge >= 0.3 is 0 Å². The Labute approximate surface area is 145 Å². The molecular formula is C17H21FN4O3. The third-order valence-electron chi connectivity index (χ3n) is 4.05. The average molecular weight is 348 g/mol. The minimum Gasteiger partial charge on any atom is -0.484 e. The Morgan fingerprint density at radius 3 is 2.76 bits per heavy atom. The molecule has 0 N–H and O–H groups in total. The van der Waals surface area contributed by atoms with Crippen LogP contribution in [0.15, 0.2) is 28.8 Å². The van der Waals surface area contributed by atoms with Crippen molar-refractivity contribution in [3.05, 3.63) is 41.8 Å². The van der Waals surface area contributed by atoms with Crippen molar-refractivity contribution in [2.24, 2.45) is 0 Å². The monoisotopic (exact) mass is 348 g/mol. The third-order valence-corrected chi connectivity index (χ3v) is 4.05.